The van der Waals surface area contributed by atoms with Crippen LogP contribution < -0.4 is 0 Å². The molecule has 0 atom stereocenters. The summed E-state index contributed by atoms with van der Waals surface area (Å²) in [4.78, 5) is 0. The second kappa shape index (κ2) is 5.80. The third-order valence-electron chi connectivity index (χ3n) is 1.50. The Morgan fingerprint density at radius 1 is 0.909 bits per heavy atom. The highest BCUT2D eigenvalue weighted by molar-refractivity contribution is 8.09. The third-order valence-corrected chi connectivity index (χ3v) is 1.50. The Morgan fingerprint density at radius 2 is 1.00 bits per heavy atom. The molecule has 0 aliphatic heterocycles. The molecule has 1 fully saturated rings. The monoisotopic (exact) mass is 200 g/mol. The maximum atomic E-state index is 8.95. The minimum absolute atomic E-state index is 1.50. The Hall–Kier alpha value is 0.200. The third kappa shape index (κ3) is 17.8. The first kappa shape index (κ1) is 11.2. The predicted octanol–water partition coefficient (Wildman–Crippen LogP) is 2.37. The lowest BCUT2D eigenvalue weighted by Gasteiger charge is -2.05. The van der Waals surface area contributed by atoms with Crippen molar-refractivity contribution < 1.29 is 13.0 Å². The number of hydrogen-bond donors (Lipinski definition) is 1. The lowest BCUT2D eigenvalue weighted by atomic mass is 10.0. The van der Waals surface area contributed by atoms with E-state index in [0.717, 1.165) is 0 Å². The van der Waals surface area contributed by atoms with E-state index in [1.165, 1.54) is 38.5 Å². The lowest BCUT2D eigenvalue weighted by Crippen LogP contribution is -1.85. The summed E-state index contributed by atoms with van der Waals surface area (Å²) in [6, 6.07) is 0. The first-order chi connectivity index (χ1) is 5.00. The molecule has 0 saturated heterocycles. The second-order valence-electron chi connectivity index (χ2n) is 2.53. The van der Waals surface area contributed by atoms with Crippen molar-refractivity contribution in [1.82, 2.24) is 0 Å². The molecule has 11 heavy (non-hydrogen) atoms. The van der Waals surface area contributed by atoms with E-state index in [9.17, 15) is 0 Å². The number of rotatable bonds is 0. The normalized spacial score (nSPS) is 18.4. The first-order valence-corrected chi connectivity index (χ1v) is 5.94. The zero-order valence-corrected chi connectivity index (χ0v) is 7.86. The van der Waals surface area contributed by atoms with Crippen LogP contribution in [0.4, 0.5) is 0 Å². The molecule has 68 valence electrons. The van der Waals surface area contributed by atoms with Crippen LogP contribution >= 0.6 is 10.7 Å². The van der Waals surface area contributed by atoms with E-state index in [1.54, 1.807) is 0 Å². The maximum absolute atomic E-state index is 8.95. The van der Waals surface area contributed by atoms with Gasteiger partial charge in [-0.15, -0.1) is 0 Å². The van der Waals surface area contributed by atoms with Crippen LogP contribution in [-0.2, 0) is 9.33 Å². The molecule has 0 radical (unpaired) electrons. The van der Waals surface area contributed by atoms with Gasteiger partial charge in [0.1, 0.15) is 0 Å². The molecule has 1 N–H and O–H groups in total. The van der Waals surface area contributed by atoms with Crippen molar-refractivity contribution in [3.8, 4) is 0 Å². The van der Waals surface area contributed by atoms with Crippen molar-refractivity contribution in [3.63, 3.8) is 0 Å². The van der Waals surface area contributed by atoms with Crippen molar-refractivity contribution in [3.05, 3.63) is 0 Å². The first-order valence-electron chi connectivity index (χ1n) is 3.67. The van der Waals surface area contributed by atoms with E-state index in [1.807, 2.05) is 0 Å². The average Bonchev–Trinajstić information content (AvgIpc) is 1.88. The van der Waals surface area contributed by atoms with Crippen molar-refractivity contribution in [2.24, 2.45) is 0 Å². The number of hydrogen-bond acceptors (Lipinski definition) is 2. The molecule has 0 heterocycles. The van der Waals surface area contributed by atoms with Gasteiger partial charge in [-0.2, -0.15) is 8.42 Å². The second-order valence-corrected chi connectivity index (χ2v) is 4.53. The van der Waals surface area contributed by atoms with Crippen LogP contribution in [0.2, 0.25) is 0 Å². The maximum Gasteiger partial charge on any atom is 0.353 e. The lowest BCUT2D eigenvalue weighted by molar-refractivity contribution is 0.501. The Labute approximate surface area is 72.0 Å². The van der Waals surface area contributed by atoms with Crippen LogP contribution in [0, 0.1) is 0 Å². The molecule has 0 spiro atoms. The zero-order chi connectivity index (χ0) is 8.74. The van der Waals surface area contributed by atoms with Gasteiger partial charge in [0.05, 0.1) is 0 Å². The smallest absolute Gasteiger partial charge is 0.273 e. The molecule has 0 bridgehead atoms. The molecule has 0 aromatic carbocycles. The van der Waals surface area contributed by atoms with Crippen LogP contribution in [-0.4, -0.2) is 13.0 Å². The molecule has 1 aliphatic carbocycles. The molecule has 3 nitrogen and oxygen atoms in total. The summed E-state index contributed by atoms with van der Waals surface area (Å²) in [6.07, 6.45) is 9.00. The molecule has 0 aromatic heterocycles. The fourth-order valence-corrected chi connectivity index (χ4v) is 1.06. The summed E-state index contributed by atoms with van der Waals surface area (Å²) in [5.41, 5.74) is 0. The van der Waals surface area contributed by atoms with Crippen molar-refractivity contribution in [1.29, 1.82) is 0 Å². The molecule has 1 saturated carbocycles. The summed E-state index contributed by atoms with van der Waals surface area (Å²) in [7, 11) is -0.137. The van der Waals surface area contributed by atoms with Gasteiger partial charge in [-0.25, -0.2) is 0 Å². The molecular formula is C6H13ClO3S. The molecular weight excluding hydrogens is 188 g/mol. The quantitative estimate of drug-likeness (QED) is 0.483. The molecule has 0 aromatic rings. The van der Waals surface area contributed by atoms with Gasteiger partial charge in [0.25, 0.3) is 0 Å². The molecule has 1 rings (SSSR count). The van der Waals surface area contributed by atoms with Gasteiger partial charge in [0.2, 0.25) is 0 Å². The van der Waals surface area contributed by atoms with E-state index >= 15 is 0 Å². The van der Waals surface area contributed by atoms with Crippen LogP contribution in [0.3, 0.4) is 0 Å². The summed E-state index contributed by atoms with van der Waals surface area (Å²) >= 11 is 0. The summed E-state index contributed by atoms with van der Waals surface area (Å²) in [5.74, 6) is 0. The van der Waals surface area contributed by atoms with Gasteiger partial charge in [-0.05, 0) is 0 Å². The van der Waals surface area contributed by atoms with Crippen LogP contribution in [0.15, 0.2) is 0 Å². The summed E-state index contributed by atoms with van der Waals surface area (Å²) in [6.45, 7) is 0. The predicted molar refractivity (Wildman–Crippen MR) is 45.1 cm³/mol. The van der Waals surface area contributed by atoms with Crippen LogP contribution in [0.1, 0.15) is 38.5 Å². The topological polar surface area (TPSA) is 54.4 Å². The van der Waals surface area contributed by atoms with Crippen LogP contribution in [0.25, 0.3) is 0 Å². The van der Waals surface area contributed by atoms with E-state index in [0.29, 0.717) is 0 Å². The zero-order valence-electron chi connectivity index (χ0n) is 6.29. The van der Waals surface area contributed by atoms with Crippen molar-refractivity contribution in [2.45, 2.75) is 38.5 Å². The van der Waals surface area contributed by atoms with E-state index < -0.39 is 9.33 Å². The van der Waals surface area contributed by atoms with Gasteiger partial charge >= 0.3 is 9.33 Å². The van der Waals surface area contributed by atoms with E-state index in [-0.39, 0.29) is 0 Å². The molecule has 5 heteroatoms. The van der Waals surface area contributed by atoms with Gasteiger partial charge in [0.15, 0.2) is 0 Å². The van der Waals surface area contributed by atoms with Gasteiger partial charge in [-0.3, -0.25) is 4.55 Å². The Kier molecular flexibility index (Phi) is 5.91. The summed E-state index contributed by atoms with van der Waals surface area (Å²) in [5, 5.41) is 0. The van der Waals surface area contributed by atoms with Crippen molar-refractivity contribution >= 4 is 20.0 Å². The van der Waals surface area contributed by atoms with Crippen LogP contribution in [0.5, 0.6) is 0 Å². The molecule has 0 unspecified atom stereocenters. The Morgan fingerprint density at radius 3 is 1.09 bits per heavy atom. The standard InChI is InChI=1S/C6H12.ClHO3S/c1-2-4-6-5-3-1;1-5(2,3)4/h1-6H2;(H,2,3,4). The van der Waals surface area contributed by atoms with E-state index in [2.05, 4.69) is 10.7 Å². The Bertz CT molecular complexity index is 153. The SMILES string of the molecule is C1CCCCC1.O=S(=O)(O)Cl. The van der Waals surface area contributed by atoms with Gasteiger partial charge in [0, 0.05) is 10.7 Å². The van der Waals surface area contributed by atoms with E-state index in [4.69, 9.17) is 13.0 Å². The average molecular weight is 201 g/mol. The van der Waals surface area contributed by atoms with Crippen molar-refractivity contribution in [2.75, 3.05) is 0 Å². The Balaban J connectivity index is 0.000000187. The number of halogens is 1. The fourth-order valence-electron chi connectivity index (χ4n) is 1.06. The van der Waals surface area contributed by atoms with Gasteiger partial charge < -0.3 is 0 Å². The highest BCUT2D eigenvalue weighted by Gasteiger charge is 1.95. The highest BCUT2D eigenvalue weighted by atomic mass is 35.7. The largest absolute Gasteiger partial charge is 0.353 e. The summed E-state index contributed by atoms with van der Waals surface area (Å²) < 4.78 is 25.2. The highest BCUT2D eigenvalue weighted by Crippen LogP contribution is 2.15. The minimum atomic E-state index is -4.19. The molecule has 0 amide bonds. The minimum Gasteiger partial charge on any atom is -0.273 e. The fraction of sp³-hybridized carbons (Fsp3) is 1.00. The van der Waals surface area contributed by atoms with Gasteiger partial charge in [-0.1, -0.05) is 38.5 Å². The molecule has 1 aliphatic rings.